The Morgan fingerprint density at radius 2 is 1.90 bits per heavy atom. The Bertz CT molecular complexity index is 996. The fraction of sp³-hybridized carbons (Fsp3) is 0.500. The lowest BCUT2D eigenvalue weighted by Gasteiger charge is -2.46. The molecule has 1 aliphatic heterocycles. The summed E-state index contributed by atoms with van der Waals surface area (Å²) >= 11 is 0. The summed E-state index contributed by atoms with van der Waals surface area (Å²) in [5.41, 5.74) is -0.234. The van der Waals surface area contributed by atoms with Crippen LogP contribution in [0, 0.1) is 56.7 Å². The van der Waals surface area contributed by atoms with Crippen LogP contribution < -0.4 is 14.4 Å². The second kappa shape index (κ2) is 9.21. The third kappa shape index (κ3) is 3.76. The highest BCUT2D eigenvalue weighted by Gasteiger charge is 2.58. The first-order valence-corrected chi connectivity index (χ1v) is 10.7. The SMILES string of the molecule is CCCOc1ccc([C@@H]2[C@@H]3C[NH+](C)CC=C3[C@H](C#N)C(=N)C2(C#N)C#N)cc1OCC. The van der Waals surface area contributed by atoms with E-state index in [1.54, 1.807) is 0 Å². The smallest absolute Gasteiger partial charge is 0.189 e. The van der Waals surface area contributed by atoms with Crippen LogP contribution in [0.4, 0.5) is 0 Å². The molecule has 7 nitrogen and oxygen atoms in total. The zero-order chi connectivity index (χ0) is 22.6. The molecule has 2 aliphatic rings. The van der Waals surface area contributed by atoms with E-state index in [2.05, 4.69) is 25.3 Å². The first-order valence-electron chi connectivity index (χ1n) is 10.7. The second-order valence-electron chi connectivity index (χ2n) is 8.15. The number of nitriles is 3. The lowest BCUT2D eigenvalue weighted by Crippen LogP contribution is -3.10. The van der Waals surface area contributed by atoms with Crippen molar-refractivity contribution in [3.05, 3.63) is 35.4 Å². The van der Waals surface area contributed by atoms with Crippen LogP contribution in [0.5, 0.6) is 11.5 Å². The normalized spacial score (nSPS) is 26.5. The number of hydrogen-bond acceptors (Lipinski definition) is 6. The van der Waals surface area contributed by atoms with Crippen molar-refractivity contribution in [2.24, 2.45) is 17.3 Å². The molecule has 1 aromatic carbocycles. The van der Waals surface area contributed by atoms with Crippen molar-refractivity contribution in [1.29, 1.82) is 21.2 Å². The molecule has 1 aromatic rings. The van der Waals surface area contributed by atoms with Crippen molar-refractivity contribution in [2.45, 2.75) is 26.2 Å². The van der Waals surface area contributed by atoms with E-state index >= 15 is 0 Å². The van der Waals surface area contributed by atoms with Gasteiger partial charge in [-0.25, -0.2) is 0 Å². The van der Waals surface area contributed by atoms with Crippen LogP contribution in [-0.4, -0.2) is 39.1 Å². The molecule has 3 rings (SSSR count). The van der Waals surface area contributed by atoms with E-state index in [9.17, 15) is 15.8 Å². The Morgan fingerprint density at radius 3 is 2.52 bits per heavy atom. The molecule has 0 amide bonds. The third-order valence-electron chi connectivity index (χ3n) is 6.17. The van der Waals surface area contributed by atoms with E-state index in [1.807, 2.05) is 38.1 Å². The highest BCUT2D eigenvalue weighted by Crippen LogP contribution is 2.53. The number of nitrogens with zero attached hydrogens (tertiary/aromatic N) is 3. The van der Waals surface area contributed by atoms with Gasteiger partial charge in [-0.05, 0) is 42.7 Å². The number of likely N-dealkylation sites (N-methyl/N-ethyl adjacent to an activating group) is 1. The van der Waals surface area contributed by atoms with Gasteiger partial charge in [-0.3, -0.25) is 0 Å². The van der Waals surface area contributed by atoms with E-state index in [0.717, 1.165) is 24.1 Å². The minimum atomic E-state index is -1.71. The number of quaternary nitrogens is 1. The Morgan fingerprint density at radius 1 is 1.16 bits per heavy atom. The van der Waals surface area contributed by atoms with Crippen LogP contribution in [0.3, 0.4) is 0 Å². The van der Waals surface area contributed by atoms with E-state index in [0.29, 0.717) is 31.3 Å². The van der Waals surface area contributed by atoms with Gasteiger partial charge in [0.05, 0.1) is 57.3 Å². The zero-order valence-corrected chi connectivity index (χ0v) is 18.2. The van der Waals surface area contributed by atoms with Crippen molar-refractivity contribution >= 4 is 5.71 Å². The molecule has 1 aliphatic carbocycles. The quantitative estimate of drug-likeness (QED) is 0.687. The van der Waals surface area contributed by atoms with Crippen molar-refractivity contribution in [3.8, 4) is 29.7 Å². The molecular weight excluding hydrogens is 390 g/mol. The highest BCUT2D eigenvalue weighted by atomic mass is 16.5. The van der Waals surface area contributed by atoms with Crippen molar-refractivity contribution in [2.75, 3.05) is 33.4 Å². The van der Waals surface area contributed by atoms with Crippen molar-refractivity contribution < 1.29 is 14.4 Å². The molecule has 31 heavy (non-hydrogen) atoms. The van der Waals surface area contributed by atoms with Crippen molar-refractivity contribution in [1.82, 2.24) is 0 Å². The van der Waals surface area contributed by atoms with E-state index in [-0.39, 0.29) is 11.6 Å². The summed E-state index contributed by atoms with van der Waals surface area (Å²) in [6, 6.07) is 12.0. The molecule has 0 radical (unpaired) electrons. The average Bonchev–Trinajstić information content (AvgIpc) is 2.78. The predicted octanol–water partition coefficient (Wildman–Crippen LogP) is 2.24. The van der Waals surface area contributed by atoms with Crippen LogP contribution in [0.2, 0.25) is 0 Å². The minimum Gasteiger partial charge on any atom is -0.490 e. The first-order chi connectivity index (χ1) is 15.0. The van der Waals surface area contributed by atoms with Gasteiger partial charge in [0.1, 0.15) is 5.92 Å². The summed E-state index contributed by atoms with van der Waals surface area (Å²) < 4.78 is 11.6. The van der Waals surface area contributed by atoms with Gasteiger partial charge < -0.3 is 19.8 Å². The molecule has 1 unspecified atom stereocenters. The maximum absolute atomic E-state index is 10.2. The van der Waals surface area contributed by atoms with E-state index in [4.69, 9.17) is 14.9 Å². The number of rotatable bonds is 6. The second-order valence-corrected chi connectivity index (χ2v) is 8.15. The largest absolute Gasteiger partial charge is 0.490 e. The molecule has 0 bridgehead atoms. The van der Waals surface area contributed by atoms with Crippen molar-refractivity contribution in [3.63, 3.8) is 0 Å². The van der Waals surface area contributed by atoms with Gasteiger partial charge >= 0.3 is 0 Å². The molecule has 0 aromatic heterocycles. The number of nitrogens with one attached hydrogen (secondary N) is 2. The predicted molar refractivity (Wildman–Crippen MR) is 115 cm³/mol. The maximum Gasteiger partial charge on any atom is 0.189 e. The first kappa shape index (κ1) is 22.3. The molecule has 7 heteroatoms. The molecule has 4 atom stereocenters. The molecular formula is C24H28N5O2+. The Hall–Kier alpha value is -3.34. The van der Waals surface area contributed by atoms with Crippen LogP contribution in [0.25, 0.3) is 0 Å². The van der Waals surface area contributed by atoms with Crippen LogP contribution in [0.15, 0.2) is 29.8 Å². The van der Waals surface area contributed by atoms with Gasteiger partial charge in [-0.15, -0.1) is 0 Å². The molecule has 0 saturated heterocycles. The minimum absolute atomic E-state index is 0.128. The summed E-state index contributed by atoms with van der Waals surface area (Å²) in [6.45, 7) is 6.36. The van der Waals surface area contributed by atoms with Gasteiger partial charge in [-0.2, -0.15) is 15.8 Å². The van der Waals surface area contributed by atoms with Gasteiger partial charge in [0.15, 0.2) is 16.9 Å². The summed E-state index contributed by atoms with van der Waals surface area (Å²) in [5.74, 6) is -0.416. The van der Waals surface area contributed by atoms with E-state index in [1.165, 1.54) is 4.90 Å². The Balaban J connectivity index is 2.19. The summed E-state index contributed by atoms with van der Waals surface area (Å²) in [6.07, 6.45) is 2.87. The Kier molecular flexibility index (Phi) is 6.64. The summed E-state index contributed by atoms with van der Waals surface area (Å²) in [5, 5.41) is 38.8. The molecule has 1 saturated carbocycles. The fourth-order valence-electron chi connectivity index (χ4n) is 4.75. The molecule has 160 valence electrons. The van der Waals surface area contributed by atoms with E-state index < -0.39 is 17.3 Å². The standard InChI is InChI=1S/C24H27N5O2/c1-4-10-31-20-7-6-16(11-21(20)30-5-2)22-19-13-29(3)9-8-17(19)18(12-25)23(28)24(22,14-26)15-27/h6-8,11,18-19,22,28H,4-5,9-10,13H2,1-3H3/p+1/t18-,19+,22+/m0/s1. The summed E-state index contributed by atoms with van der Waals surface area (Å²) in [4.78, 5) is 1.24. The molecule has 1 fully saturated rings. The third-order valence-corrected chi connectivity index (χ3v) is 6.17. The molecule has 2 N–H and O–H groups in total. The van der Waals surface area contributed by atoms with Gasteiger partial charge in [0.2, 0.25) is 0 Å². The lowest BCUT2D eigenvalue weighted by atomic mass is 9.54. The van der Waals surface area contributed by atoms with Crippen LogP contribution in [-0.2, 0) is 0 Å². The monoisotopic (exact) mass is 418 g/mol. The molecule has 0 spiro atoms. The highest BCUT2D eigenvalue weighted by molar-refractivity contribution is 6.00. The van der Waals surface area contributed by atoms with Crippen LogP contribution in [0.1, 0.15) is 31.7 Å². The zero-order valence-electron chi connectivity index (χ0n) is 18.2. The topological polar surface area (TPSA) is 118 Å². The fourth-order valence-corrected chi connectivity index (χ4v) is 4.75. The van der Waals surface area contributed by atoms with Crippen LogP contribution >= 0.6 is 0 Å². The van der Waals surface area contributed by atoms with Gasteiger partial charge in [-0.1, -0.05) is 13.0 Å². The number of ether oxygens (including phenoxy) is 2. The average molecular weight is 419 g/mol. The number of hydrogen-bond donors (Lipinski definition) is 2. The van der Waals surface area contributed by atoms with Gasteiger partial charge in [0, 0.05) is 11.8 Å². The Labute approximate surface area is 183 Å². The number of benzene rings is 1. The maximum atomic E-state index is 10.2. The summed E-state index contributed by atoms with van der Waals surface area (Å²) in [7, 11) is 2.05. The lowest BCUT2D eigenvalue weighted by molar-refractivity contribution is -0.878. The molecule has 1 heterocycles. The van der Waals surface area contributed by atoms with Gasteiger partial charge in [0.25, 0.3) is 0 Å². The number of fused-ring (bicyclic) bond motifs is 1.